The lowest BCUT2D eigenvalue weighted by molar-refractivity contribution is -0.118. The van der Waals surface area contributed by atoms with E-state index in [4.69, 9.17) is 11.6 Å². The monoisotopic (exact) mass is 433 g/mol. The van der Waals surface area contributed by atoms with E-state index in [1.165, 1.54) is 17.3 Å². The van der Waals surface area contributed by atoms with E-state index in [0.717, 1.165) is 38.2 Å². The molecule has 29 heavy (non-hydrogen) atoms. The van der Waals surface area contributed by atoms with Crippen LogP contribution in [0.3, 0.4) is 0 Å². The number of rotatable bonds is 8. The largest absolute Gasteiger partial charge is 0.356 e. The molecule has 0 unspecified atom stereocenters. The summed E-state index contributed by atoms with van der Waals surface area (Å²) >= 11 is 7.54. The zero-order valence-electron chi connectivity index (χ0n) is 17.0. The van der Waals surface area contributed by atoms with Crippen LogP contribution in [0.15, 0.2) is 41.6 Å². The second kappa shape index (κ2) is 10.8. The number of nitrogens with one attached hydrogen (secondary N) is 1. The first-order valence-electron chi connectivity index (χ1n) is 9.90. The highest BCUT2D eigenvalue weighted by Crippen LogP contribution is 2.25. The predicted octanol–water partition coefficient (Wildman–Crippen LogP) is 3.11. The van der Waals surface area contributed by atoms with Crippen LogP contribution in [0, 0.1) is 0 Å². The molecule has 2 aromatic rings. The molecule has 1 N–H and O–H groups in total. The maximum Gasteiger partial charge on any atom is 0.230 e. The van der Waals surface area contributed by atoms with Crippen molar-refractivity contribution >= 4 is 35.1 Å². The van der Waals surface area contributed by atoms with Crippen molar-refractivity contribution in [1.82, 2.24) is 20.2 Å². The molecule has 0 spiro atoms. The van der Waals surface area contributed by atoms with Gasteiger partial charge in [0.15, 0.2) is 5.16 Å². The number of likely N-dealkylation sites (tertiary alicyclic amines) is 1. The molecule has 1 aromatic carbocycles. The third kappa shape index (κ3) is 6.87. The molecule has 1 amide bonds. The number of carbonyl (C=O) groups is 1. The lowest BCUT2D eigenvalue weighted by Crippen LogP contribution is -2.42. The van der Waals surface area contributed by atoms with Crippen molar-refractivity contribution in [3.63, 3.8) is 0 Å². The maximum absolute atomic E-state index is 12.2. The van der Waals surface area contributed by atoms with E-state index in [0.29, 0.717) is 22.9 Å². The molecule has 8 heteroatoms. The first-order chi connectivity index (χ1) is 14.0. The average Bonchev–Trinajstić information content (AvgIpc) is 2.73. The van der Waals surface area contributed by atoms with E-state index in [9.17, 15) is 4.79 Å². The molecule has 0 aliphatic carbocycles. The lowest BCUT2D eigenvalue weighted by Gasteiger charge is -2.35. The van der Waals surface area contributed by atoms with Gasteiger partial charge in [-0.3, -0.25) is 4.79 Å². The van der Waals surface area contributed by atoms with Crippen LogP contribution < -0.4 is 10.2 Å². The standard InChI is InChI=1S/C21H28ClN5OS/c1-26-12-9-17(10-13-26)27(2)19-14-18(22)24-21(25-19)29-15-20(28)23-11-8-16-6-4-3-5-7-16/h3-7,14,17H,8-13,15H2,1-2H3,(H,23,28). The van der Waals surface area contributed by atoms with Crippen LogP contribution in [-0.4, -0.2) is 66.3 Å². The number of nitrogens with zero attached hydrogens (tertiary/aromatic N) is 4. The van der Waals surface area contributed by atoms with Gasteiger partial charge < -0.3 is 15.1 Å². The fraction of sp³-hybridized carbons (Fsp3) is 0.476. The Hall–Kier alpha value is -1.83. The van der Waals surface area contributed by atoms with Crippen molar-refractivity contribution in [3.8, 4) is 0 Å². The molecule has 1 fully saturated rings. The number of hydrogen-bond donors (Lipinski definition) is 1. The van der Waals surface area contributed by atoms with Gasteiger partial charge in [-0.1, -0.05) is 53.7 Å². The topological polar surface area (TPSA) is 61.4 Å². The molecular weight excluding hydrogens is 406 g/mol. The summed E-state index contributed by atoms with van der Waals surface area (Å²) in [5, 5.41) is 3.88. The van der Waals surface area contributed by atoms with Crippen LogP contribution in [0.2, 0.25) is 5.15 Å². The summed E-state index contributed by atoms with van der Waals surface area (Å²) in [4.78, 5) is 25.6. The normalized spacial score (nSPS) is 15.3. The Labute approximate surface area is 182 Å². The summed E-state index contributed by atoms with van der Waals surface area (Å²) in [6.07, 6.45) is 3.01. The number of anilines is 1. The third-order valence-electron chi connectivity index (χ3n) is 5.17. The highest BCUT2D eigenvalue weighted by molar-refractivity contribution is 7.99. The highest BCUT2D eigenvalue weighted by Gasteiger charge is 2.22. The van der Waals surface area contributed by atoms with E-state index >= 15 is 0 Å². The van der Waals surface area contributed by atoms with Gasteiger partial charge in [0.1, 0.15) is 11.0 Å². The van der Waals surface area contributed by atoms with Crippen molar-refractivity contribution in [2.45, 2.75) is 30.5 Å². The summed E-state index contributed by atoms with van der Waals surface area (Å²) in [6.45, 7) is 2.78. The Morgan fingerprint density at radius 1 is 1.28 bits per heavy atom. The summed E-state index contributed by atoms with van der Waals surface area (Å²) in [6, 6.07) is 12.3. The number of halogens is 1. The van der Waals surface area contributed by atoms with Gasteiger partial charge in [-0.2, -0.15) is 0 Å². The molecule has 1 aromatic heterocycles. The van der Waals surface area contributed by atoms with Crippen LogP contribution in [0.4, 0.5) is 5.82 Å². The Morgan fingerprint density at radius 3 is 2.72 bits per heavy atom. The molecule has 1 saturated heterocycles. The molecule has 156 valence electrons. The Balaban J connectivity index is 1.49. The lowest BCUT2D eigenvalue weighted by atomic mass is 10.0. The van der Waals surface area contributed by atoms with Gasteiger partial charge in [-0.15, -0.1) is 0 Å². The number of carbonyl (C=O) groups excluding carboxylic acids is 1. The first kappa shape index (κ1) is 21.9. The number of hydrogen-bond acceptors (Lipinski definition) is 6. The van der Waals surface area contributed by atoms with E-state index in [2.05, 4.69) is 51.3 Å². The predicted molar refractivity (Wildman–Crippen MR) is 120 cm³/mol. The molecule has 1 aliphatic heterocycles. The van der Waals surface area contributed by atoms with E-state index in [1.54, 1.807) is 6.07 Å². The molecule has 0 radical (unpaired) electrons. The van der Waals surface area contributed by atoms with E-state index in [1.807, 2.05) is 18.2 Å². The van der Waals surface area contributed by atoms with Gasteiger partial charge in [-0.05, 0) is 45.0 Å². The minimum Gasteiger partial charge on any atom is -0.356 e. The van der Waals surface area contributed by atoms with Gasteiger partial charge >= 0.3 is 0 Å². The van der Waals surface area contributed by atoms with Crippen LogP contribution in [0.1, 0.15) is 18.4 Å². The second-order valence-corrected chi connectivity index (χ2v) is 8.68. The molecule has 0 bridgehead atoms. The SMILES string of the molecule is CN1CCC(N(C)c2cc(Cl)nc(SCC(=O)NCCc3ccccc3)n2)CC1. The maximum atomic E-state index is 12.2. The third-order valence-corrected chi connectivity index (χ3v) is 6.21. The zero-order valence-corrected chi connectivity index (χ0v) is 18.5. The number of amides is 1. The molecule has 2 heterocycles. The summed E-state index contributed by atoms with van der Waals surface area (Å²) in [5.41, 5.74) is 1.21. The van der Waals surface area contributed by atoms with Gasteiger partial charge in [-0.25, -0.2) is 9.97 Å². The van der Waals surface area contributed by atoms with Gasteiger partial charge in [0.2, 0.25) is 5.91 Å². The van der Waals surface area contributed by atoms with Gasteiger partial charge in [0.05, 0.1) is 5.75 Å². The van der Waals surface area contributed by atoms with E-state index in [-0.39, 0.29) is 11.7 Å². The van der Waals surface area contributed by atoms with Gasteiger partial charge in [0, 0.05) is 25.7 Å². The summed E-state index contributed by atoms with van der Waals surface area (Å²) < 4.78 is 0. The van der Waals surface area contributed by atoms with Gasteiger partial charge in [0.25, 0.3) is 0 Å². The average molecular weight is 434 g/mol. The number of aromatic nitrogens is 2. The summed E-state index contributed by atoms with van der Waals surface area (Å²) in [7, 11) is 4.21. The molecule has 0 atom stereocenters. The fourth-order valence-corrected chi connectivity index (χ4v) is 4.28. The van der Waals surface area contributed by atoms with Crippen molar-refractivity contribution in [2.75, 3.05) is 44.4 Å². The van der Waals surface area contributed by atoms with Crippen LogP contribution in [0.5, 0.6) is 0 Å². The summed E-state index contributed by atoms with van der Waals surface area (Å²) in [5.74, 6) is 1.05. The molecule has 6 nitrogen and oxygen atoms in total. The molecule has 3 rings (SSSR count). The molecular formula is C21H28ClN5OS. The zero-order chi connectivity index (χ0) is 20.6. The minimum absolute atomic E-state index is 0.0280. The number of thioether (sulfide) groups is 1. The highest BCUT2D eigenvalue weighted by atomic mass is 35.5. The first-order valence-corrected chi connectivity index (χ1v) is 11.3. The van der Waals surface area contributed by atoms with Crippen molar-refractivity contribution in [2.24, 2.45) is 0 Å². The Kier molecular flexibility index (Phi) is 8.15. The van der Waals surface area contributed by atoms with Crippen molar-refractivity contribution < 1.29 is 4.79 Å². The Bertz CT molecular complexity index is 799. The quantitative estimate of drug-likeness (QED) is 0.392. The van der Waals surface area contributed by atoms with Crippen LogP contribution >= 0.6 is 23.4 Å². The van der Waals surface area contributed by atoms with Crippen LogP contribution in [0.25, 0.3) is 0 Å². The smallest absolute Gasteiger partial charge is 0.230 e. The van der Waals surface area contributed by atoms with E-state index < -0.39 is 0 Å². The number of benzene rings is 1. The minimum atomic E-state index is -0.0280. The van der Waals surface area contributed by atoms with Crippen molar-refractivity contribution in [1.29, 1.82) is 0 Å². The number of piperidine rings is 1. The molecule has 0 saturated carbocycles. The fourth-order valence-electron chi connectivity index (χ4n) is 3.37. The Morgan fingerprint density at radius 2 is 2.00 bits per heavy atom. The second-order valence-electron chi connectivity index (χ2n) is 7.35. The molecule has 1 aliphatic rings. The van der Waals surface area contributed by atoms with Crippen LogP contribution in [-0.2, 0) is 11.2 Å². The van der Waals surface area contributed by atoms with Crippen molar-refractivity contribution in [3.05, 3.63) is 47.1 Å².